The van der Waals surface area contributed by atoms with E-state index in [4.69, 9.17) is 10.5 Å². The van der Waals surface area contributed by atoms with Gasteiger partial charge in [0.05, 0.1) is 22.5 Å². The summed E-state index contributed by atoms with van der Waals surface area (Å²) in [7, 11) is 0. The zero-order valence-corrected chi connectivity index (χ0v) is 13.4. The summed E-state index contributed by atoms with van der Waals surface area (Å²) in [6.45, 7) is 0. The smallest absolute Gasteiger partial charge is 0.269 e. The Morgan fingerprint density at radius 2 is 1.62 bits per heavy atom. The molecule has 0 saturated carbocycles. The van der Waals surface area contributed by atoms with Crippen LogP contribution in [-0.4, -0.2) is 4.92 Å². The molecule has 0 bridgehead atoms. The fourth-order valence-electron chi connectivity index (χ4n) is 2.80. The standard InChI is InChI=1S/C19H12N4O3/c20-10-15-17(12-6-8-14(9-7-12)23(24)25)16(11-21)19(22)26-18(15)13-4-2-1-3-5-13/h1-9,17H,22H2/t17-/m0/s1. The Bertz CT molecular complexity index is 1010. The van der Waals surface area contributed by atoms with Crippen LogP contribution in [0.25, 0.3) is 5.76 Å². The molecule has 1 aliphatic rings. The van der Waals surface area contributed by atoms with E-state index in [0.717, 1.165) is 0 Å². The van der Waals surface area contributed by atoms with Crippen molar-refractivity contribution in [2.45, 2.75) is 5.92 Å². The van der Waals surface area contributed by atoms with Gasteiger partial charge in [-0.3, -0.25) is 10.1 Å². The van der Waals surface area contributed by atoms with E-state index in [1.54, 1.807) is 24.3 Å². The molecule has 0 amide bonds. The van der Waals surface area contributed by atoms with Gasteiger partial charge in [-0.2, -0.15) is 10.5 Å². The second-order valence-electron chi connectivity index (χ2n) is 5.49. The van der Waals surface area contributed by atoms with E-state index in [1.165, 1.54) is 24.3 Å². The van der Waals surface area contributed by atoms with Gasteiger partial charge in [0, 0.05) is 17.7 Å². The number of hydrogen-bond acceptors (Lipinski definition) is 6. The molecular weight excluding hydrogens is 332 g/mol. The fraction of sp³-hybridized carbons (Fsp3) is 0.0526. The summed E-state index contributed by atoms with van der Waals surface area (Å²) in [6, 6.07) is 18.7. The van der Waals surface area contributed by atoms with E-state index in [1.807, 2.05) is 12.1 Å². The van der Waals surface area contributed by atoms with Crippen LogP contribution in [0.1, 0.15) is 17.0 Å². The minimum Gasteiger partial charge on any atom is -0.439 e. The summed E-state index contributed by atoms with van der Waals surface area (Å²) in [5.74, 6) is -0.573. The summed E-state index contributed by atoms with van der Waals surface area (Å²) in [6.07, 6.45) is 0. The van der Waals surface area contributed by atoms with Crippen LogP contribution in [0.15, 0.2) is 71.6 Å². The van der Waals surface area contributed by atoms with Crippen molar-refractivity contribution >= 4 is 11.4 Å². The van der Waals surface area contributed by atoms with Crippen LogP contribution >= 0.6 is 0 Å². The van der Waals surface area contributed by atoms with Gasteiger partial charge in [-0.15, -0.1) is 0 Å². The van der Waals surface area contributed by atoms with Crippen molar-refractivity contribution in [3.05, 3.63) is 92.9 Å². The zero-order chi connectivity index (χ0) is 18.7. The molecule has 7 heteroatoms. The van der Waals surface area contributed by atoms with Gasteiger partial charge < -0.3 is 10.5 Å². The molecule has 26 heavy (non-hydrogen) atoms. The van der Waals surface area contributed by atoms with Gasteiger partial charge >= 0.3 is 0 Å². The molecule has 2 N–H and O–H groups in total. The molecule has 0 saturated heterocycles. The Balaban J connectivity index is 2.19. The van der Waals surface area contributed by atoms with Crippen LogP contribution in [-0.2, 0) is 4.74 Å². The van der Waals surface area contributed by atoms with E-state index in [-0.39, 0.29) is 28.5 Å². The van der Waals surface area contributed by atoms with Gasteiger partial charge in [-0.05, 0) is 5.56 Å². The van der Waals surface area contributed by atoms with Crippen molar-refractivity contribution in [3.8, 4) is 12.1 Å². The molecule has 1 atom stereocenters. The maximum atomic E-state index is 10.9. The lowest BCUT2D eigenvalue weighted by Crippen LogP contribution is -2.20. The van der Waals surface area contributed by atoms with Crippen LogP contribution in [0.2, 0.25) is 0 Å². The third kappa shape index (κ3) is 2.85. The highest BCUT2D eigenvalue weighted by atomic mass is 16.6. The first-order valence-electron chi connectivity index (χ1n) is 7.58. The topological polar surface area (TPSA) is 126 Å². The molecule has 2 aromatic carbocycles. The van der Waals surface area contributed by atoms with E-state index >= 15 is 0 Å². The number of non-ortho nitro benzene ring substituents is 1. The zero-order valence-electron chi connectivity index (χ0n) is 13.4. The first kappa shape index (κ1) is 16.7. The molecule has 1 aliphatic heterocycles. The van der Waals surface area contributed by atoms with Crippen LogP contribution in [0.5, 0.6) is 0 Å². The lowest BCUT2D eigenvalue weighted by molar-refractivity contribution is -0.384. The van der Waals surface area contributed by atoms with Crippen molar-refractivity contribution in [2.75, 3.05) is 0 Å². The van der Waals surface area contributed by atoms with Crippen molar-refractivity contribution in [3.63, 3.8) is 0 Å². The highest BCUT2D eigenvalue weighted by molar-refractivity contribution is 5.73. The van der Waals surface area contributed by atoms with E-state index < -0.39 is 10.8 Å². The van der Waals surface area contributed by atoms with Gasteiger partial charge in [0.25, 0.3) is 5.69 Å². The average molecular weight is 344 g/mol. The fourth-order valence-corrected chi connectivity index (χ4v) is 2.80. The Labute approximate surface area is 149 Å². The minimum absolute atomic E-state index is 0.0814. The monoisotopic (exact) mass is 344 g/mol. The third-order valence-corrected chi connectivity index (χ3v) is 4.01. The third-order valence-electron chi connectivity index (χ3n) is 4.01. The number of rotatable bonds is 3. The number of nitrogens with two attached hydrogens (primary N) is 1. The summed E-state index contributed by atoms with van der Waals surface area (Å²) in [5.41, 5.74) is 7.35. The predicted molar refractivity (Wildman–Crippen MR) is 92.7 cm³/mol. The molecule has 3 rings (SSSR count). The maximum absolute atomic E-state index is 10.9. The van der Waals surface area contributed by atoms with Crippen LogP contribution in [0.3, 0.4) is 0 Å². The van der Waals surface area contributed by atoms with Crippen LogP contribution < -0.4 is 5.73 Å². The second kappa shape index (κ2) is 6.80. The Kier molecular flexibility index (Phi) is 4.38. The molecule has 2 aromatic rings. The van der Waals surface area contributed by atoms with Crippen LogP contribution in [0.4, 0.5) is 5.69 Å². The number of benzene rings is 2. The highest BCUT2D eigenvalue weighted by Gasteiger charge is 2.33. The van der Waals surface area contributed by atoms with Gasteiger partial charge in [0.1, 0.15) is 11.6 Å². The summed E-state index contributed by atoms with van der Waals surface area (Å²) >= 11 is 0. The van der Waals surface area contributed by atoms with E-state index in [2.05, 4.69) is 6.07 Å². The SMILES string of the molecule is N#CC1=C(N)OC(c2ccccc2)=C(C#N)[C@@H]1c1ccc([N+](=O)[O-])cc1. The molecule has 0 radical (unpaired) electrons. The van der Waals surface area contributed by atoms with Gasteiger partial charge in [0.2, 0.25) is 5.88 Å². The Hall–Kier alpha value is -4.10. The summed E-state index contributed by atoms with van der Waals surface area (Å²) < 4.78 is 5.58. The van der Waals surface area contributed by atoms with Gasteiger partial charge in [-0.25, -0.2) is 0 Å². The number of nitro benzene ring substituents is 1. The molecule has 0 aromatic heterocycles. The van der Waals surface area contributed by atoms with Gasteiger partial charge in [0.15, 0.2) is 5.76 Å². The molecular formula is C19H12N4O3. The molecule has 126 valence electrons. The molecule has 0 fully saturated rings. The van der Waals surface area contributed by atoms with Gasteiger partial charge in [-0.1, -0.05) is 42.5 Å². The summed E-state index contributed by atoms with van der Waals surface area (Å²) in [5, 5.41) is 30.1. The first-order chi connectivity index (χ1) is 12.6. The van der Waals surface area contributed by atoms with Crippen molar-refractivity contribution in [1.82, 2.24) is 0 Å². The first-order valence-corrected chi connectivity index (χ1v) is 7.58. The molecule has 0 spiro atoms. The Morgan fingerprint density at radius 3 is 2.15 bits per heavy atom. The number of hydrogen-bond donors (Lipinski definition) is 1. The number of allylic oxidation sites excluding steroid dienone is 2. The predicted octanol–water partition coefficient (Wildman–Crippen LogP) is 3.34. The molecule has 7 nitrogen and oxygen atoms in total. The molecule has 0 unspecified atom stereocenters. The maximum Gasteiger partial charge on any atom is 0.269 e. The van der Waals surface area contributed by atoms with E-state index in [0.29, 0.717) is 11.1 Å². The van der Waals surface area contributed by atoms with E-state index in [9.17, 15) is 20.6 Å². The number of nitro groups is 1. The normalized spacial score (nSPS) is 16.5. The molecule has 1 heterocycles. The number of nitrogens with zero attached hydrogens (tertiary/aromatic N) is 3. The average Bonchev–Trinajstić information content (AvgIpc) is 2.67. The van der Waals surface area contributed by atoms with Crippen LogP contribution in [0, 0.1) is 32.8 Å². The second-order valence-corrected chi connectivity index (χ2v) is 5.49. The van der Waals surface area contributed by atoms with Crippen molar-refractivity contribution in [2.24, 2.45) is 5.73 Å². The Morgan fingerprint density at radius 1 is 1.00 bits per heavy atom. The number of ether oxygens (including phenoxy) is 1. The largest absolute Gasteiger partial charge is 0.439 e. The lowest BCUT2D eigenvalue weighted by Gasteiger charge is -2.26. The molecule has 0 aliphatic carbocycles. The lowest BCUT2D eigenvalue weighted by atomic mass is 9.82. The van der Waals surface area contributed by atoms with Crippen molar-refractivity contribution in [1.29, 1.82) is 10.5 Å². The quantitative estimate of drug-likeness (QED) is 0.672. The highest BCUT2D eigenvalue weighted by Crippen LogP contribution is 2.42. The minimum atomic E-state index is -0.755. The van der Waals surface area contributed by atoms with Crippen molar-refractivity contribution < 1.29 is 9.66 Å². The summed E-state index contributed by atoms with van der Waals surface area (Å²) in [4.78, 5) is 10.3. The number of nitriles is 2.